The predicted molar refractivity (Wildman–Crippen MR) is 118 cm³/mol. The van der Waals surface area contributed by atoms with E-state index in [1.807, 2.05) is 35.2 Å². The Hall–Kier alpha value is -2.50. The van der Waals surface area contributed by atoms with E-state index in [0.717, 1.165) is 5.56 Å². The average molecular weight is 462 g/mol. The van der Waals surface area contributed by atoms with Crippen LogP contribution in [0.4, 0.5) is 5.69 Å². The number of amides is 1. The minimum atomic E-state index is -3.74. The summed E-state index contributed by atoms with van der Waals surface area (Å²) in [4.78, 5) is 20.5. The smallest absolute Gasteiger partial charge is 0.276 e. The highest BCUT2D eigenvalue weighted by molar-refractivity contribution is 7.89. The van der Waals surface area contributed by atoms with Crippen molar-refractivity contribution in [2.75, 3.05) is 57.5 Å². The molecular formula is C22H27N3O6S. The van der Waals surface area contributed by atoms with Crippen molar-refractivity contribution in [3.8, 4) is 0 Å². The van der Waals surface area contributed by atoms with Gasteiger partial charge in [-0.25, -0.2) is 13.9 Å². The summed E-state index contributed by atoms with van der Waals surface area (Å²) in [5.41, 5.74) is 4.26. The van der Waals surface area contributed by atoms with Crippen LogP contribution in [-0.2, 0) is 30.9 Å². The summed E-state index contributed by atoms with van der Waals surface area (Å²) in [6.07, 6.45) is 0. The molecule has 2 aromatic carbocycles. The molecule has 32 heavy (non-hydrogen) atoms. The number of sulfonamides is 1. The summed E-state index contributed by atoms with van der Waals surface area (Å²) in [5, 5.41) is 0. The molecular weight excluding hydrogens is 434 g/mol. The van der Waals surface area contributed by atoms with Crippen LogP contribution in [0.1, 0.15) is 15.9 Å². The molecule has 0 saturated carbocycles. The summed E-state index contributed by atoms with van der Waals surface area (Å²) < 4.78 is 38.3. The van der Waals surface area contributed by atoms with Crippen LogP contribution in [0.15, 0.2) is 53.4 Å². The third kappa shape index (κ3) is 5.28. The van der Waals surface area contributed by atoms with Gasteiger partial charge in [-0.3, -0.25) is 9.63 Å². The largest absolute Gasteiger partial charge is 0.379 e. The van der Waals surface area contributed by atoms with Gasteiger partial charge in [-0.15, -0.1) is 0 Å². The van der Waals surface area contributed by atoms with Crippen molar-refractivity contribution in [1.82, 2.24) is 9.79 Å². The quantitative estimate of drug-likeness (QED) is 0.623. The van der Waals surface area contributed by atoms with Crippen LogP contribution in [0.5, 0.6) is 0 Å². The highest BCUT2D eigenvalue weighted by atomic mass is 32.2. The molecule has 2 aromatic rings. The van der Waals surface area contributed by atoms with Crippen molar-refractivity contribution in [2.24, 2.45) is 0 Å². The van der Waals surface area contributed by atoms with E-state index >= 15 is 0 Å². The second kappa shape index (κ2) is 10.4. The second-order valence-electron chi connectivity index (χ2n) is 7.50. The first kappa shape index (κ1) is 22.7. The minimum Gasteiger partial charge on any atom is -0.379 e. The first-order valence-electron chi connectivity index (χ1n) is 10.6. The van der Waals surface area contributed by atoms with E-state index in [4.69, 9.17) is 14.3 Å². The number of morpholine rings is 2. The predicted octanol–water partition coefficient (Wildman–Crippen LogP) is 1.41. The van der Waals surface area contributed by atoms with Crippen molar-refractivity contribution in [3.05, 3.63) is 59.7 Å². The molecule has 2 saturated heterocycles. The molecule has 0 atom stereocenters. The van der Waals surface area contributed by atoms with E-state index in [2.05, 4.69) is 5.48 Å². The van der Waals surface area contributed by atoms with E-state index < -0.39 is 15.9 Å². The van der Waals surface area contributed by atoms with Gasteiger partial charge in [0.2, 0.25) is 10.0 Å². The highest BCUT2D eigenvalue weighted by Gasteiger charge is 2.29. The molecule has 0 bridgehead atoms. The van der Waals surface area contributed by atoms with Crippen LogP contribution in [0.25, 0.3) is 0 Å². The van der Waals surface area contributed by atoms with E-state index in [1.54, 1.807) is 12.1 Å². The van der Waals surface area contributed by atoms with E-state index in [9.17, 15) is 13.2 Å². The highest BCUT2D eigenvalue weighted by Crippen LogP contribution is 2.27. The maximum Gasteiger partial charge on any atom is 0.276 e. The third-order valence-corrected chi connectivity index (χ3v) is 7.31. The third-order valence-electron chi connectivity index (χ3n) is 5.42. The van der Waals surface area contributed by atoms with Gasteiger partial charge in [0.15, 0.2) is 0 Å². The number of nitrogens with zero attached hydrogens (tertiary/aromatic N) is 2. The monoisotopic (exact) mass is 461 g/mol. The molecule has 4 rings (SSSR count). The van der Waals surface area contributed by atoms with Gasteiger partial charge in [0.05, 0.1) is 43.5 Å². The summed E-state index contributed by atoms with van der Waals surface area (Å²) in [7, 11) is -3.74. The molecule has 2 aliphatic rings. The summed E-state index contributed by atoms with van der Waals surface area (Å²) >= 11 is 0. The van der Waals surface area contributed by atoms with E-state index in [-0.39, 0.29) is 30.2 Å². The van der Waals surface area contributed by atoms with Gasteiger partial charge in [-0.05, 0) is 23.8 Å². The lowest BCUT2D eigenvalue weighted by molar-refractivity contribution is 0.0233. The van der Waals surface area contributed by atoms with Crippen molar-refractivity contribution < 1.29 is 27.5 Å². The molecule has 0 spiro atoms. The second-order valence-corrected chi connectivity index (χ2v) is 9.44. The van der Waals surface area contributed by atoms with Crippen LogP contribution in [0.2, 0.25) is 0 Å². The van der Waals surface area contributed by atoms with Gasteiger partial charge in [0.25, 0.3) is 5.91 Å². The lowest BCUT2D eigenvalue weighted by Crippen LogP contribution is -2.41. The Kier molecular flexibility index (Phi) is 7.38. The van der Waals surface area contributed by atoms with Crippen LogP contribution >= 0.6 is 0 Å². The summed E-state index contributed by atoms with van der Waals surface area (Å²) in [5.74, 6) is -0.499. The number of benzene rings is 2. The lowest BCUT2D eigenvalue weighted by Gasteiger charge is -2.31. The van der Waals surface area contributed by atoms with Crippen LogP contribution in [0, 0.1) is 0 Å². The van der Waals surface area contributed by atoms with Crippen LogP contribution in [-0.4, -0.2) is 71.2 Å². The minimum absolute atomic E-state index is 0.0737. The van der Waals surface area contributed by atoms with Gasteiger partial charge in [0.1, 0.15) is 0 Å². The molecule has 0 radical (unpaired) electrons. The Balaban J connectivity index is 1.57. The maximum absolute atomic E-state index is 13.1. The zero-order valence-electron chi connectivity index (χ0n) is 17.7. The van der Waals surface area contributed by atoms with Crippen LogP contribution in [0.3, 0.4) is 0 Å². The fourth-order valence-corrected chi connectivity index (χ4v) is 5.12. The van der Waals surface area contributed by atoms with Gasteiger partial charge >= 0.3 is 0 Å². The molecule has 0 aromatic heterocycles. The number of carbonyl (C=O) groups is 1. The molecule has 0 unspecified atom stereocenters. The lowest BCUT2D eigenvalue weighted by atomic mass is 10.1. The number of rotatable bonds is 7. The molecule has 10 heteroatoms. The number of ether oxygens (including phenoxy) is 2. The fourth-order valence-electron chi connectivity index (χ4n) is 3.69. The van der Waals surface area contributed by atoms with Crippen LogP contribution < -0.4 is 10.4 Å². The molecule has 1 N–H and O–H groups in total. The summed E-state index contributed by atoms with van der Waals surface area (Å²) in [6.45, 7) is 3.79. The topological polar surface area (TPSA) is 97.4 Å². The molecule has 172 valence electrons. The summed E-state index contributed by atoms with van der Waals surface area (Å²) in [6, 6.07) is 14.1. The Morgan fingerprint density at radius 1 is 0.938 bits per heavy atom. The maximum atomic E-state index is 13.1. The normalized spacial score (nSPS) is 17.8. The van der Waals surface area contributed by atoms with Gasteiger partial charge in [-0.1, -0.05) is 30.3 Å². The van der Waals surface area contributed by atoms with E-state index in [1.165, 1.54) is 10.4 Å². The SMILES string of the molecule is O=C(NOCc1ccccc1)c1cc(S(=O)(=O)N2CCOCC2)ccc1N1CCOCC1. The first-order chi connectivity index (χ1) is 15.6. The molecule has 2 fully saturated rings. The number of hydrogen-bond acceptors (Lipinski definition) is 7. The number of hydroxylamine groups is 1. The average Bonchev–Trinajstić information content (AvgIpc) is 2.85. The number of carbonyl (C=O) groups excluding carboxylic acids is 1. The van der Waals surface area contributed by atoms with Crippen molar-refractivity contribution in [2.45, 2.75) is 11.5 Å². The number of anilines is 1. The Labute approximate surface area is 187 Å². The van der Waals surface area contributed by atoms with Crippen molar-refractivity contribution in [1.29, 1.82) is 0 Å². The first-order valence-corrected chi connectivity index (χ1v) is 12.0. The van der Waals surface area contributed by atoms with Crippen molar-refractivity contribution in [3.63, 3.8) is 0 Å². The fraction of sp³-hybridized carbons (Fsp3) is 0.409. The number of nitrogens with one attached hydrogen (secondary N) is 1. The van der Waals surface area contributed by atoms with Gasteiger partial charge < -0.3 is 14.4 Å². The molecule has 1 amide bonds. The molecule has 2 aliphatic heterocycles. The van der Waals surface area contributed by atoms with E-state index in [0.29, 0.717) is 45.2 Å². The zero-order valence-corrected chi connectivity index (χ0v) is 18.6. The number of hydrogen-bond donors (Lipinski definition) is 1. The van der Waals surface area contributed by atoms with Gasteiger partial charge in [0, 0.05) is 31.9 Å². The Morgan fingerprint density at radius 2 is 1.59 bits per heavy atom. The molecule has 0 aliphatic carbocycles. The standard InChI is InChI=1S/C22H27N3O6S/c26-22(23-31-17-18-4-2-1-3-5-18)20-16-19(32(27,28)25-10-14-30-15-11-25)6-7-21(20)24-8-12-29-13-9-24/h1-7,16H,8-15,17H2,(H,23,26). The zero-order chi connectivity index (χ0) is 22.4. The van der Waals surface area contributed by atoms with Crippen molar-refractivity contribution >= 4 is 21.6 Å². The molecule has 2 heterocycles. The molecule has 9 nitrogen and oxygen atoms in total. The van der Waals surface area contributed by atoms with Gasteiger partial charge in [-0.2, -0.15) is 4.31 Å². The Morgan fingerprint density at radius 3 is 2.28 bits per heavy atom. The Bertz CT molecular complexity index is 1020.